The van der Waals surface area contributed by atoms with Crippen LogP contribution in [0.2, 0.25) is 0 Å². The van der Waals surface area contributed by atoms with Crippen molar-refractivity contribution >= 4 is 11.9 Å². The van der Waals surface area contributed by atoms with E-state index in [2.05, 4.69) is 29.0 Å². The topological polar surface area (TPSA) is 116 Å². The van der Waals surface area contributed by atoms with Crippen LogP contribution in [0, 0.1) is 0 Å². The quantitative estimate of drug-likeness (QED) is 0.488. The zero-order chi connectivity index (χ0) is 23.7. The van der Waals surface area contributed by atoms with Gasteiger partial charge in [-0.3, -0.25) is 9.80 Å². The minimum absolute atomic E-state index is 0.662. The summed E-state index contributed by atoms with van der Waals surface area (Å²) in [6, 6.07) is 4.90. The number of rotatable bonds is 6. The van der Waals surface area contributed by atoms with E-state index in [4.69, 9.17) is 34.0 Å². The van der Waals surface area contributed by atoms with E-state index in [1.165, 1.54) is 44.6 Å². The number of carboxylic acids is 2. The molecule has 2 aliphatic rings. The molecule has 0 saturated carbocycles. The molecule has 0 radical (unpaired) electrons. The monoisotopic (exact) mass is 453 g/mol. The zero-order valence-corrected chi connectivity index (χ0v) is 19.4. The van der Waals surface area contributed by atoms with Crippen LogP contribution in [0.15, 0.2) is 12.1 Å². The average Bonchev–Trinajstić information content (AvgIpc) is 2.79. The fourth-order valence-electron chi connectivity index (χ4n) is 4.20. The Morgan fingerprint density at radius 2 is 1.53 bits per heavy atom. The van der Waals surface area contributed by atoms with Crippen LogP contribution in [-0.2, 0) is 16.1 Å². The van der Waals surface area contributed by atoms with Crippen molar-refractivity contribution in [2.24, 2.45) is 0 Å². The van der Waals surface area contributed by atoms with E-state index in [1.54, 1.807) is 26.2 Å². The highest BCUT2D eigenvalue weighted by molar-refractivity contribution is 6.26. The Kier molecular flexibility index (Phi) is 10.0. The lowest BCUT2D eigenvalue weighted by atomic mass is 10.0. The van der Waals surface area contributed by atoms with Gasteiger partial charge in [-0.15, -0.1) is 0 Å². The molecule has 32 heavy (non-hydrogen) atoms. The maximum Gasteiger partial charge on any atom is 0.351 e. The number of carbonyl (C=O) groups is 2. The average molecular weight is 454 g/mol. The summed E-state index contributed by atoms with van der Waals surface area (Å²) in [5.41, 5.74) is 1.21. The molecule has 0 unspecified atom stereocenters. The summed E-state index contributed by atoms with van der Waals surface area (Å²) < 4.78 is 16.4. The van der Waals surface area contributed by atoms with Crippen molar-refractivity contribution in [3.05, 3.63) is 17.7 Å². The largest absolute Gasteiger partial charge is 0.539 e. The molecule has 2 N–H and O–H groups in total. The number of carboxylic acid groups (broad SMARTS) is 2. The Morgan fingerprint density at radius 3 is 1.94 bits per heavy atom. The molecular weight excluding hydrogens is 418 g/mol. The van der Waals surface area contributed by atoms with Crippen molar-refractivity contribution in [1.82, 2.24) is 9.80 Å². The first-order chi connectivity index (χ1) is 15.3. The lowest BCUT2D eigenvalue weighted by Crippen LogP contribution is -3.12. The van der Waals surface area contributed by atoms with Gasteiger partial charge in [-0.25, -0.2) is 4.79 Å². The molecule has 0 atom stereocenters. The number of hydrogen-bond acceptors (Lipinski definition) is 8. The van der Waals surface area contributed by atoms with Gasteiger partial charge in [0, 0.05) is 25.7 Å². The van der Waals surface area contributed by atoms with Gasteiger partial charge in [-0.05, 0) is 43.6 Å². The predicted octanol–water partition coefficient (Wildman–Crippen LogP) is -1.67. The van der Waals surface area contributed by atoms with Gasteiger partial charge < -0.3 is 34.1 Å². The molecule has 1 aromatic carbocycles. The zero-order valence-electron chi connectivity index (χ0n) is 19.4. The van der Waals surface area contributed by atoms with Crippen LogP contribution >= 0.6 is 0 Å². The first-order valence-corrected chi connectivity index (χ1v) is 10.8. The van der Waals surface area contributed by atoms with Crippen LogP contribution in [-0.4, -0.2) is 101 Å². The number of piperazine rings is 1. The van der Waals surface area contributed by atoms with Crippen LogP contribution in [0.4, 0.5) is 0 Å². The first kappa shape index (κ1) is 25.7. The SMILES string of the molecule is COc1cc(CN2CCC(N3CC[NH+](C)CC3)CC2)cc(OC)c1OC.O=C([O-])C(=O)O. The van der Waals surface area contributed by atoms with Gasteiger partial charge in [0.05, 0.1) is 41.5 Å². The number of piperidine rings is 1. The highest BCUT2D eigenvalue weighted by Crippen LogP contribution is 2.38. The molecule has 1 aromatic rings. The number of likely N-dealkylation sites (N-methyl/N-ethyl adjacent to an activating group) is 1. The Morgan fingerprint density at radius 1 is 1.03 bits per heavy atom. The number of nitrogens with one attached hydrogen (secondary N) is 1. The van der Waals surface area contributed by atoms with Crippen molar-refractivity contribution in [1.29, 1.82) is 0 Å². The van der Waals surface area contributed by atoms with Gasteiger partial charge >= 0.3 is 5.97 Å². The van der Waals surface area contributed by atoms with Crippen molar-refractivity contribution in [2.45, 2.75) is 25.4 Å². The number of carbonyl (C=O) groups excluding carboxylic acids is 1. The summed E-state index contributed by atoms with van der Waals surface area (Å²) in [4.78, 5) is 24.9. The predicted molar refractivity (Wildman–Crippen MR) is 115 cm³/mol. The second-order valence-electron chi connectivity index (χ2n) is 8.13. The number of nitrogens with zero attached hydrogens (tertiary/aromatic N) is 2. The van der Waals surface area contributed by atoms with Crippen molar-refractivity contribution in [3.8, 4) is 17.2 Å². The van der Waals surface area contributed by atoms with E-state index in [9.17, 15) is 0 Å². The van der Waals surface area contributed by atoms with E-state index in [-0.39, 0.29) is 0 Å². The number of hydrogen-bond donors (Lipinski definition) is 2. The molecule has 10 heteroatoms. The smallest absolute Gasteiger partial charge is 0.351 e. The summed E-state index contributed by atoms with van der Waals surface area (Å²) in [7, 11) is 7.29. The molecule has 0 amide bonds. The summed E-state index contributed by atoms with van der Waals surface area (Å²) in [5, 5.41) is 16.3. The highest BCUT2D eigenvalue weighted by atomic mass is 16.5. The molecule has 3 rings (SSSR count). The van der Waals surface area contributed by atoms with Crippen LogP contribution in [0.5, 0.6) is 17.2 Å². The molecular formula is C22H35N3O7. The van der Waals surface area contributed by atoms with Gasteiger partial charge in [-0.1, -0.05) is 0 Å². The molecule has 2 heterocycles. The fraction of sp³-hybridized carbons (Fsp3) is 0.636. The fourth-order valence-corrected chi connectivity index (χ4v) is 4.20. The van der Waals surface area contributed by atoms with E-state index in [1.807, 2.05) is 0 Å². The van der Waals surface area contributed by atoms with Crippen molar-refractivity contribution in [2.75, 3.05) is 67.6 Å². The number of benzene rings is 1. The third-order valence-corrected chi connectivity index (χ3v) is 6.03. The molecule has 0 aliphatic carbocycles. The first-order valence-electron chi connectivity index (χ1n) is 10.8. The molecule has 180 valence electrons. The van der Waals surface area contributed by atoms with Crippen LogP contribution in [0.1, 0.15) is 18.4 Å². The minimum Gasteiger partial charge on any atom is -0.539 e. The van der Waals surface area contributed by atoms with Crippen LogP contribution in [0.3, 0.4) is 0 Å². The Hall–Kier alpha value is -2.56. The van der Waals surface area contributed by atoms with Gasteiger partial charge in [0.15, 0.2) is 17.5 Å². The molecule has 2 saturated heterocycles. The number of ether oxygens (including phenoxy) is 3. The standard InChI is InChI=1S/C20H33N3O3.C2H2O4/c1-21-9-11-23(12-10-21)17-5-7-22(8-6-17)15-16-13-18(24-2)20(26-4)19(14-16)25-3;3-1(4)2(5)6/h13-14,17H,5-12,15H2,1-4H3;(H,3,4)(H,5,6). The molecule has 0 aromatic heterocycles. The van der Waals surface area contributed by atoms with Gasteiger partial charge in [0.2, 0.25) is 5.75 Å². The van der Waals surface area contributed by atoms with Crippen LogP contribution < -0.4 is 24.2 Å². The third-order valence-electron chi connectivity index (χ3n) is 6.03. The Labute approximate surface area is 189 Å². The summed E-state index contributed by atoms with van der Waals surface area (Å²) >= 11 is 0. The molecule has 2 aliphatic heterocycles. The Bertz CT molecular complexity index is 721. The lowest BCUT2D eigenvalue weighted by Gasteiger charge is -2.40. The minimum atomic E-state index is -2.07. The molecule has 0 spiro atoms. The summed E-state index contributed by atoms with van der Waals surface area (Å²) in [6.45, 7) is 8.31. The van der Waals surface area contributed by atoms with Gasteiger partial charge in [-0.2, -0.15) is 0 Å². The normalized spacial score (nSPS) is 18.4. The molecule has 0 bridgehead atoms. The molecule has 2 fully saturated rings. The van der Waals surface area contributed by atoms with Crippen LogP contribution in [0.25, 0.3) is 0 Å². The maximum atomic E-state index is 9.04. The van der Waals surface area contributed by atoms with Gasteiger partial charge in [0.1, 0.15) is 0 Å². The number of methoxy groups -OCH3 is 3. The van der Waals surface area contributed by atoms with E-state index >= 15 is 0 Å². The second-order valence-corrected chi connectivity index (χ2v) is 8.13. The number of likely N-dealkylation sites (tertiary alicyclic amines) is 1. The summed E-state index contributed by atoms with van der Waals surface area (Å²) in [5.74, 6) is -1.88. The van der Waals surface area contributed by atoms with Gasteiger partial charge in [0.25, 0.3) is 0 Å². The Balaban J connectivity index is 0.000000534. The number of aliphatic carboxylic acids is 2. The number of quaternary nitrogens is 1. The van der Waals surface area contributed by atoms with E-state index < -0.39 is 11.9 Å². The van der Waals surface area contributed by atoms with E-state index in [0.29, 0.717) is 5.75 Å². The highest BCUT2D eigenvalue weighted by Gasteiger charge is 2.28. The molecule has 10 nitrogen and oxygen atoms in total. The summed E-state index contributed by atoms with van der Waals surface area (Å²) in [6.07, 6.45) is 2.53. The third kappa shape index (κ3) is 7.25. The second kappa shape index (κ2) is 12.5. The van der Waals surface area contributed by atoms with E-state index in [0.717, 1.165) is 37.2 Å². The lowest BCUT2D eigenvalue weighted by molar-refractivity contribution is -0.884. The van der Waals surface area contributed by atoms with Crippen molar-refractivity contribution < 1.29 is 38.9 Å². The van der Waals surface area contributed by atoms with Crippen molar-refractivity contribution in [3.63, 3.8) is 0 Å². The maximum absolute atomic E-state index is 9.04.